The van der Waals surface area contributed by atoms with Crippen molar-refractivity contribution in [1.82, 2.24) is 5.32 Å². The third-order valence-corrected chi connectivity index (χ3v) is 3.52. The second-order valence-corrected chi connectivity index (χ2v) is 5.00. The fourth-order valence-electron chi connectivity index (χ4n) is 2.02. The van der Waals surface area contributed by atoms with E-state index in [1.165, 1.54) is 23.3 Å². The minimum atomic E-state index is -0.250. The Bertz CT molecular complexity index is 554. The van der Waals surface area contributed by atoms with E-state index in [2.05, 4.69) is 24.4 Å². The van der Waals surface area contributed by atoms with Crippen LogP contribution in [0.25, 0.3) is 0 Å². The number of hydrogen-bond acceptors (Lipinski definition) is 1. The summed E-state index contributed by atoms with van der Waals surface area (Å²) in [6.07, 6.45) is 0.958. The van der Waals surface area contributed by atoms with Gasteiger partial charge in [0.15, 0.2) is 0 Å². The minimum absolute atomic E-state index is 0.250. The molecule has 0 radical (unpaired) electrons. The summed E-state index contributed by atoms with van der Waals surface area (Å²) in [5.74, 6) is -0.250. The van der Waals surface area contributed by atoms with E-state index in [0.717, 1.165) is 18.5 Å². The van der Waals surface area contributed by atoms with E-state index in [1.807, 2.05) is 12.1 Å². The van der Waals surface area contributed by atoms with Crippen LogP contribution in [0.3, 0.4) is 0 Å². The molecule has 0 spiro atoms. The zero-order valence-electron chi connectivity index (χ0n) is 10.9. The van der Waals surface area contributed by atoms with Gasteiger partial charge in [0.25, 0.3) is 0 Å². The first-order valence-electron chi connectivity index (χ1n) is 6.36. The molecule has 0 saturated carbocycles. The molecule has 0 aliphatic rings. The van der Waals surface area contributed by atoms with E-state index in [4.69, 9.17) is 11.6 Å². The first kappa shape index (κ1) is 14.0. The van der Waals surface area contributed by atoms with Crippen LogP contribution in [-0.4, -0.2) is 6.54 Å². The lowest BCUT2D eigenvalue weighted by molar-refractivity contribution is 0.620. The third-order valence-electron chi connectivity index (χ3n) is 3.16. The van der Waals surface area contributed by atoms with E-state index in [1.54, 1.807) is 6.07 Å². The van der Waals surface area contributed by atoms with Gasteiger partial charge in [-0.2, -0.15) is 0 Å². The number of halogens is 2. The fraction of sp³-hybridized carbons (Fsp3) is 0.250. The van der Waals surface area contributed by atoms with Crippen molar-refractivity contribution in [2.24, 2.45) is 0 Å². The second kappa shape index (κ2) is 6.69. The van der Waals surface area contributed by atoms with Gasteiger partial charge in [0.2, 0.25) is 0 Å². The molecule has 100 valence electrons. The van der Waals surface area contributed by atoms with Crippen molar-refractivity contribution in [3.05, 3.63) is 70.0 Å². The van der Waals surface area contributed by atoms with Crippen LogP contribution < -0.4 is 5.32 Å². The van der Waals surface area contributed by atoms with E-state index in [9.17, 15) is 4.39 Å². The minimum Gasteiger partial charge on any atom is -0.312 e. The molecule has 0 aliphatic heterocycles. The summed E-state index contributed by atoms with van der Waals surface area (Å²) in [5.41, 5.74) is 3.43. The van der Waals surface area contributed by atoms with Gasteiger partial charge in [-0.15, -0.1) is 0 Å². The van der Waals surface area contributed by atoms with Crippen LogP contribution in [0, 0.1) is 12.7 Å². The van der Waals surface area contributed by atoms with Crippen molar-refractivity contribution >= 4 is 11.6 Å². The maximum atomic E-state index is 13.1. The van der Waals surface area contributed by atoms with Crippen molar-refractivity contribution in [2.45, 2.75) is 19.9 Å². The first-order chi connectivity index (χ1) is 9.16. The van der Waals surface area contributed by atoms with Crippen LogP contribution in [-0.2, 0) is 13.0 Å². The maximum absolute atomic E-state index is 13.1. The Hall–Kier alpha value is -1.38. The monoisotopic (exact) mass is 277 g/mol. The topological polar surface area (TPSA) is 12.0 Å². The molecule has 0 heterocycles. The summed E-state index contributed by atoms with van der Waals surface area (Å²) >= 11 is 6.01. The first-order valence-corrected chi connectivity index (χ1v) is 6.74. The van der Waals surface area contributed by atoms with E-state index in [0.29, 0.717) is 11.6 Å². The molecule has 0 aliphatic carbocycles. The quantitative estimate of drug-likeness (QED) is 0.811. The zero-order chi connectivity index (χ0) is 13.7. The highest BCUT2D eigenvalue weighted by Crippen LogP contribution is 2.16. The molecule has 0 unspecified atom stereocenters. The lowest BCUT2D eigenvalue weighted by atomic mass is 10.1. The zero-order valence-corrected chi connectivity index (χ0v) is 11.7. The molecular formula is C16H17ClFN. The van der Waals surface area contributed by atoms with Crippen LogP contribution >= 0.6 is 11.6 Å². The van der Waals surface area contributed by atoms with Gasteiger partial charge in [-0.05, 0) is 54.8 Å². The average molecular weight is 278 g/mol. The molecule has 2 aromatic rings. The Balaban J connectivity index is 1.84. The van der Waals surface area contributed by atoms with Gasteiger partial charge in [-0.25, -0.2) is 4.39 Å². The molecule has 3 heteroatoms. The van der Waals surface area contributed by atoms with Gasteiger partial charge in [0.05, 0.1) is 0 Å². The number of nitrogens with one attached hydrogen (secondary N) is 1. The van der Waals surface area contributed by atoms with Crippen LogP contribution in [0.2, 0.25) is 5.02 Å². The van der Waals surface area contributed by atoms with Crippen molar-refractivity contribution in [1.29, 1.82) is 0 Å². The highest BCUT2D eigenvalue weighted by molar-refractivity contribution is 6.31. The average Bonchev–Trinajstić information content (AvgIpc) is 2.40. The molecule has 0 amide bonds. The second-order valence-electron chi connectivity index (χ2n) is 4.59. The lowest BCUT2D eigenvalue weighted by Crippen LogP contribution is -2.17. The summed E-state index contributed by atoms with van der Waals surface area (Å²) in [6, 6.07) is 12.8. The van der Waals surface area contributed by atoms with Crippen molar-refractivity contribution in [2.75, 3.05) is 6.54 Å². The van der Waals surface area contributed by atoms with Gasteiger partial charge in [-0.3, -0.25) is 0 Å². The Morgan fingerprint density at radius 1 is 1.11 bits per heavy atom. The normalized spacial score (nSPS) is 10.7. The molecule has 1 N–H and O–H groups in total. The van der Waals surface area contributed by atoms with E-state index >= 15 is 0 Å². The molecule has 0 atom stereocenters. The molecule has 0 bridgehead atoms. The number of hydrogen-bond donors (Lipinski definition) is 1. The van der Waals surface area contributed by atoms with Gasteiger partial charge in [-0.1, -0.05) is 35.9 Å². The molecular weight excluding hydrogens is 261 g/mol. The molecule has 1 nitrogen and oxygen atoms in total. The summed E-state index contributed by atoms with van der Waals surface area (Å²) in [6.45, 7) is 3.54. The van der Waals surface area contributed by atoms with Crippen molar-refractivity contribution in [3.8, 4) is 0 Å². The molecule has 19 heavy (non-hydrogen) atoms. The summed E-state index contributed by atoms with van der Waals surface area (Å²) < 4.78 is 13.1. The van der Waals surface area contributed by atoms with E-state index in [-0.39, 0.29) is 5.82 Å². The summed E-state index contributed by atoms with van der Waals surface area (Å²) in [5, 5.41) is 3.90. The van der Waals surface area contributed by atoms with Crippen LogP contribution in [0.5, 0.6) is 0 Å². The van der Waals surface area contributed by atoms with E-state index < -0.39 is 0 Å². The number of benzene rings is 2. The van der Waals surface area contributed by atoms with Crippen molar-refractivity contribution < 1.29 is 4.39 Å². The highest BCUT2D eigenvalue weighted by Gasteiger charge is 2.02. The van der Waals surface area contributed by atoms with Gasteiger partial charge < -0.3 is 5.32 Å². The van der Waals surface area contributed by atoms with Gasteiger partial charge in [0.1, 0.15) is 5.82 Å². The summed E-state index contributed by atoms with van der Waals surface area (Å²) in [4.78, 5) is 0. The molecule has 0 fully saturated rings. The Kier molecular flexibility index (Phi) is 4.94. The molecule has 0 saturated heterocycles. The van der Waals surface area contributed by atoms with Crippen LogP contribution in [0.4, 0.5) is 4.39 Å². The van der Waals surface area contributed by atoms with Crippen LogP contribution in [0.1, 0.15) is 16.7 Å². The predicted octanol–water partition coefficient (Wildman–Crippen LogP) is 4.12. The van der Waals surface area contributed by atoms with Crippen LogP contribution in [0.15, 0.2) is 42.5 Å². The standard InChI is InChI=1S/C16H17ClFN/c1-12-4-2-3-5-13(12)8-9-19-11-14-10-15(18)6-7-16(14)17/h2-7,10,19H,8-9,11H2,1H3. The Labute approximate surface area is 118 Å². The molecule has 0 aromatic heterocycles. The Morgan fingerprint density at radius 3 is 2.68 bits per heavy atom. The SMILES string of the molecule is Cc1ccccc1CCNCc1cc(F)ccc1Cl. The fourth-order valence-corrected chi connectivity index (χ4v) is 2.20. The highest BCUT2D eigenvalue weighted by atomic mass is 35.5. The maximum Gasteiger partial charge on any atom is 0.123 e. The molecule has 2 rings (SSSR count). The Morgan fingerprint density at radius 2 is 1.89 bits per heavy atom. The smallest absolute Gasteiger partial charge is 0.123 e. The predicted molar refractivity (Wildman–Crippen MR) is 78.0 cm³/mol. The summed E-state index contributed by atoms with van der Waals surface area (Å²) in [7, 11) is 0. The van der Waals surface area contributed by atoms with Crippen molar-refractivity contribution in [3.63, 3.8) is 0 Å². The number of rotatable bonds is 5. The number of aryl methyl sites for hydroxylation is 1. The van der Waals surface area contributed by atoms with Gasteiger partial charge >= 0.3 is 0 Å². The molecule has 2 aromatic carbocycles. The van der Waals surface area contributed by atoms with Gasteiger partial charge in [0, 0.05) is 11.6 Å². The lowest BCUT2D eigenvalue weighted by Gasteiger charge is -2.08. The third kappa shape index (κ3) is 4.05. The largest absolute Gasteiger partial charge is 0.312 e.